The van der Waals surface area contributed by atoms with Crippen LogP contribution in [0.5, 0.6) is 17.2 Å². The number of phenols is 1. The number of aromatic amines is 1. The van der Waals surface area contributed by atoms with Gasteiger partial charge in [0, 0.05) is 24.8 Å². The molecule has 5 rings (SSSR count). The molecule has 184 valence electrons. The van der Waals surface area contributed by atoms with Crippen LogP contribution in [0.4, 0.5) is 0 Å². The van der Waals surface area contributed by atoms with E-state index in [1.165, 1.54) is 0 Å². The summed E-state index contributed by atoms with van der Waals surface area (Å²) in [7, 11) is 3.19. The van der Waals surface area contributed by atoms with Gasteiger partial charge in [-0.15, -0.1) is 0 Å². The monoisotopic (exact) mass is 485 g/mol. The highest BCUT2D eigenvalue weighted by molar-refractivity contribution is 6.00. The van der Waals surface area contributed by atoms with Gasteiger partial charge in [-0.3, -0.25) is 9.89 Å². The Morgan fingerprint density at radius 3 is 2.53 bits per heavy atom. The van der Waals surface area contributed by atoms with Gasteiger partial charge >= 0.3 is 0 Å². The molecule has 1 aliphatic rings. The van der Waals surface area contributed by atoms with Gasteiger partial charge in [-0.2, -0.15) is 5.10 Å². The summed E-state index contributed by atoms with van der Waals surface area (Å²) in [6, 6.07) is 22.1. The molecule has 0 saturated carbocycles. The number of para-hydroxylation sites is 1. The van der Waals surface area contributed by atoms with E-state index in [-0.39, 0.29) is 11.7 Å². The molecule has 0 radical (unpaired) electrons. The van der Waals surface area contributed by atoms with E-state index in [1.807, 2.05) is 54.6 Å². The molecule has 0 bridgehead atoms. The van der Waals surface area contributed by atoms with Crippen LogP contribution >= 0.6 is 0 Å². The van der Waals surface area contributed by atoms with Crippen molar-refractivity contribution in [2.75, 3.05) is 27.4 Å². The van der Waals surface area contributed by atoms with Gasteiger partial charge in [0.1, 0.15) is 23.7 Å². The molecular weight excluding hydrogens is 458 g/mol. The van der Waals surface area contributed by atoms with Crippen LogP contribution in [0.3, 0.4) is 0 Å². The Morgan fingerprint density at radius 1 is 1.00 bits per heavy atom. The lowest BCUT2D eigenvalue weighted by Gasteiger charge is -2.26. The minimum absolute atomic E-state index is 0.0931. The topological polar surface area (TPSA) is 96.9 Å². The van der Waals surface area contributed by atoms with Crippen LogP contribution in [0.15, 0.2) is 72.8 Å². The molecule has 2 N–H and O–H groups in total. The zero-order valence-corrected chi connectivity index (χ0v) is 20.1. The van der Waals surface area contributed by atoms with Gasteiger partial charge < -0.3 is 24.2 Å². The summed E-state index contributed by atoms with van der Waals surface area (Å²) < 4.78 is 17.0. The highest BCUT2D eigenvalue weighted by Gasteiger charge is 2.42. The second-order valence-corrected chi connectivity index (χ2v) is 8.46. The predicted molar refractivity (Wildman–Crippen MR) is 134 cm³/mol. The summed E-state index contributed by atoms with van der Waals surface area (Å²) in [4.78, 5) is 15.1. The van der Waals surface area contributed by atoms with Gasteiger partial charge in [-0.1, -0.05) is 48.5 Å². The molecule has 0 unspecified atom stereocenters. The lowest BCUT2D eigenvalue weighted by Crippen LogP contribution is -2.32. The first-order valence-electron chi connectivity index (χ1n) is 11.6. The number of carbonyl (C=O) groups is 1. The summed E-state index contributed by atoms with van der Waals surface area (Å²) in [5.74, 6) is 1.08. The van der Waals surface area contributed by atoms with Crippen LogP contribution in [-0.4, -0.2) is 53.5 Å². The van der Waals surface area contributed by atoms with E-state index in [0.29, 0.717) is 53.8 Å². The quantitative estimate of drug-likeness (QED) is 0.361. The van der Waals surface area contributed by atoms with Gasteiger partial charge in [-0.25, -0.2) is 0 Å². The molecule has 0 saturated heterocycles. The summed E-state index contributed by atoms with van der Waals surface area (Å²) in [5, 5.41) is 17.8. The van der Waals surface area contributed by atoms with Gasteiger partial charge in [0.15, 0.2) is 11.5 Å². The van der Waals surface area contributed by atoms with Crippen molar-refractivity contribution in [3.05, 3.63) is 95.2 Å². The van der Waals surface area contributed by atoms with Crippen LogP contribution in [-0.2, 0) is 11.3 Å². The fourth-order valence-electron chi connectivity index (χ4n) is 4.55. The number of hydrogen-bond donors (Lipinski definition) is 2. The van der Waals surface area contributed by atoms with E-state index in [4.69, 9.17) is 14.2 Å². The number of H-pyrrole nitrogens is 1. The molecule has 36 heavy (non-hydrogen) atoms. The van der Waals surface area contributed by atoms with Crippen molar-refractivity contribution in [3.8, 4) is 28.5 Å². The van der Waals surface area contributed by atoms with Crippen molar-refractivity contribution in [2.45, 2.75) is 12.6 Å². The minimum atomic E-state index is -0.451. The molecule has 8 heteroatoms. The van der Waals surface area contributed by atoms with Gasteiger partial charge in [-0.05, 0) is 35.4 Å². The van der Waals surface area contributed by atoms with Crippen LogP contribution in [0, 0.1) is 0 Å². The third kappa shape index (κ3) is 4.27. The summed E-state index contributed by atoms with van der Waals surface area (Å²) in [5.41, 5.74) is 4.07. The number of amides is 1. The molecule has 0 aliphatic carbocycles. The van der Waals surface area contributed by atoms with E-state index in [2.05, 4.69) is 10.2 Å². The first kappa shape index (κ1) is 23.4. The zero-order valence-electron chi connectivity index (χ0n) is 20.1. The third-order valence-corrected chi connectivity index (χ3v) is 6.30. The SMILES string of the molecule is COCCN1C(=O)c2[nH]nc(-c3ccccc3O)c2[C@@H]1c1ccc(OCc2ccccc2)c(OC)c1. The second-order valence-electron chi connectivity index (χ2n) is 8.46. The molecule has 1 amide bonds. The lowest BCUT2D eigenvalue weighted by atomic mass is 9.95. The van der Waals surface area contributed by atoms with E-state index in [9.17, 15) is 9.90 Å². The Balaban J connectivity index is 1.55. The van der Waals surface area contributed by atoms with E-state index in [1.54, 1.807) is 37.3 Å². The van der Waals surface area contributed by atoms with Crippen molar-refractivity contribution < 1.29 is 24.1 Å². The number of rotatable bonds is 9. The molecule has 4 aromatic rings. The van der Waals surface area contributed by atoms with Crippen LogP contribution in [0.2, 0.25) is 0 Å². The molecule has 8 nitrogen and oxygen atoms in total. The number of nitrogens with one attached hydrogen (secondary N) is 1. The Morgan fingerprint density at radius 2 is 1.78 bits per heavy atom. The van der Waals surface area contributed by atoms with Crippen LogP contribution < -0.4 is 9.47 Å². The number of aromatic nitrogens is 2. The minimum Gasteiger partial charge on any atom is -0.507 e. The highest BCUT2D eigenvalue weighted by atomic mass is 16.5. The fraction of sp³-hybridized carbons (Fsp3) is 0.214. The van der Waals surface area contributed by atoms with Crippen molar-refractivity contribution in [1.29, 1.82) is 0 Å². The maximum Gasteiger partial charge on any atom is 0.273 e. The van der Waals surface area contributed by atoms with Gasteiger partial charge in [0.05, 0.1) is 19.8 Å². The zero-order chi connectivity index (χ0) is 25.1. The Bertz CT molecular complexity index is 1370. The van der Waals surface area contributed by atoms with Crippen molar-refractivity contribution >= 4 is 5.91 Å². The normalized spacial score (nSPS) is 14.7. The van der Waals surface area contributed by atoms with Crippen molar-refractivity contribution in [1.82, 2.24) is 15.1 Å². The molecule has 1 aliphatic heterocycles. The number of aromatic hydroxyl groups is 1. The molecule has 3 aromatic carbocycles. The first-order chi connectivity index (χ1) is 17.6. The molecular formula is C28H27N3O5. The van der Waals surface area contributed by atoms with E-state index >= 15 is 0 Å². The van der Waals surface area contributed by atoms with Crippen molar-refractivity contribution in [2.24, 2.45) is 0 Å². The Kier molecular flexibility index (Phi) is 6.60. The number of methoxy groups -OCH3 is 2. The van der Waals surface area contributed by atoms with Crippen LogP contribution in [0.1, 0.15) is 33.2 Å². The maximum atomic E-state index is 13.4. The molecule has 1 aromatic heterocycles. The van der Waals surface area contributed by atoms with Crippen molar-refractivity contribution in [3.63, 3.8) is 0 Å². The number of nitrogens with zero attached hydrogens (tertiary/aromatic N) is 2. The Labute approximate surface area is 209 Å². The van der Waals surface area contributed by atoms with Crippen LogP contribution in [0.25, 0.3) is 11.3 Å². The first-order valence-corrected chi connectivity index (χ1v) is 11.6. The average Bonchev–Trinajstić information content (AvgIpc) is 3.45. The van der Waals surface area contributed by atoms with E-state index < -0.39 is 6.04 Å². The lowest BCUT2D eigenvalue weighted by molar-refractivity contribution is 0.0677. The fourth-order valence-corrected chi connectivity index (χ4v) is 4.55. The number of benzene rings is 3. The highest BCUT2D eigenvalue weighted by Crippen LogP contribution is 2.45. The predicted octanol–water partition coefficient (Wildman–Crippen LogP) is 4.56. The Hall–Kier alpha value is -4.30. The summed E-state index contributed by atoms with van der Waals surface area (Å²) >= 11 is 0. The standard InChI is InChI=1S/C28H27N3O5/c1-34-15-14-31-27(24-25(29-30-26(24)28(31)33)20-10-6-7-11-21(20)32)19-12-13-22(23(16-19)35-2)36-17-18-8-4-3-5-9-18/h3-13,16,27,32H,14-15,17H2,1-2H3,(H,29,30)/t27-/m0/s1. The average molecular weight is 486 g/mol. The number of fused-ring (bicyclic) bond motifs is 1. The largest absolute Gasteiger partial charge is 0.507 e. The second kappa shape index (κ2) is 10.1. The molecule has 2 heterocycles. The number of ether oxygens (including phenoxy) is 3. The smallest absolute Gasteiger partial charge is 0.273 e. The van der Waals surface area contributed by atoms with Gasteiger partial charge in [0.2, 0.25) is 0 Å². The number of hydrogen-bond acceptors (Lipinski definition) is 6. The molecule has 0 fully saturated rings. The molecule has 0 spiro atoms. The third-order valence-electron chi connectivity index (χ3n) is 6.30. The maximum absolute atomic E-state index is 13.4. The summed E-state index contributed by atoms with van der Waals surface area (Å²) in [6.07, 6.45) is 0. The number of phenolic OH excluding ortho intramolecular Hbond substituents is 1. The van der Waals surface area contributed by atoms with Gasteiger partial charge in [0.25, 0.3) is 5.91 Å². The molecule has 1 atom stereocenters. The van der Waals surface area contributed by atoms with E-state index in [0.717, 1.165) is 11.1 Å². The number of carbonyl (C=O) groups excluding carboxylic acids is 1. The summed E-state index contributed by atoms with van der Waals surface area (Å²) in [6.45, 7) is 1.17.